The maximum absolute atomic E-state index is 5.73. The quantitative estimate of drug-likeness (QED) is 0.719. The average molecular weight is 335 g/mol. The molecule has 6 heteroatoms. The Hall–Kier alpha value is -2.99. The van der Waals surface area contributed by atoms with Crippen molar-refractivity contribution < 1.29 is 4.74 Å². The number of aromatic nitrogens is 3. The Morgan fingerprint density at radius 3 is 2.76 bits per heavy atom. The van der Waals surface area contributed by atoms with Crippen molar-refractivity contribution in [3.63, 3.8) is 0 Å². The Morgan fingerprint density at radius 1 is 1.16 bits per heavy atom. The van der Waals surface area contributed by atoms with Crippen LogP contribution in [0, 0.1) is 0 Å². The number of benzene rings is 1. The molecule has 1 unspecified atom stereocenters. The van der Waals surface area contributed by atoms with Gasteiger partial charge in [-0.15, -0.1) is 0 Å². The molecule has 0 saturated heterocycles. The van der Waals surface area contributed by atoms with Crippen LogP contribution in [0.2, 0.25) is 0 Å². The van der Waals surface area contributed by atoms with Crippen molar-refractivity contribution in [1.82, 2.24) is 15.0 Å². The predicted octanol–water partition coefficient (Wildman–Crippen LogP) is 3.18. The second kappa shape index (κ2) is 7.72. The van der Waals surface area contributed by atoms with Gasteiger partial charge in [-0.2, -0.15) is 0 Å². The zero-order valence-corrected chi connectivity index (χ0v) is 14.3. The van der Waals surface area contributed by atoms with Crippen LogP contribution < -0.4 is 15.8 Å². The van der Waals surface area contributed by atoms with Gasteiger partial charge in [0, 0.05) is 30.1 Å². The van der Waals surface area contributed by atoms with Gasteiger partial charge in [0.2, 0.25) is 0 Å². The fourth-order valence-electron chi connectivity index (χ4n) is 2.58. The van der Waals surface area contributed by atoms with Gasteiger partial charge in [-0.05, 0) is 24.6 Å². The number of nitrogens with one attached hydrogen (secondary N) is 1. The molecule has 3 aromatic rings. The van der Waals surface area contributed by atoms with Crippen molar-refractivity contribution >= 4 is 5.82 Å². The lowest BCUT2D eigenvalue weighted by atomic mass is 10.1. The van der Waals surface area contributed by atoms with Crippen LogP contribution in [-0.4, -0.2) is 22.1 Å². The van der Waals surface area contributed by atoms with Gasteiger partial charge in [0.05, 0.1) is 31.2 Å². The molecule has 0 spiro atoms. The highest BCUT2D eigenvalue weighted by Gasteiger charge is 2.09. The molecule has 1 aromatic carbocycles. The first-order valence-corrected chi connectivity index (χ1v) is 8.07. The minimum atomic E-state index is 0.0763. The van der Waals surface area contributed by atoms with Crippen molar-refractivity contribution in [1.29, 1.82) is 0 Å². The Kier molecular flexibility index (Phi) is 5.20. The number of pyridine rings is 1. The van der Waals surface area contributed by atoms with Crippen molar-refractivity contribution in [2.45, 2.75) is 19.5 Å². The number of methoxy groups -OCH3 is 1. The number of hydrogen-bond acceptors (Lipinski definition) is 6. The van der Waals surface area contributed by atoms with E-state index in [4.69, 9.17) is 10.5 Å². The SMILES string of the molecule is COc1cc(-c2cncc(NC(C)c3cccnc3)n2)ccc1CN. The Labute approximate surface area is 147 Å². The number of nitrogens with zero attached hydrogens (tertiary/aromatic N) is 3. The summed E-state index contributed by atoms with van der Waals surface area (Å²) in [6, 6.07) is 9.88. The fourth-order valence-corrected chi connectivity index (χ4v) is 2.58. The summed E-state index contributed by atoms with van der Waals surface area (Å²) in [4.78, 5) is 13.1. The number of anilines is 1. The van der Waals surface area contributed by atoms with E-state index in [2.05, 4.69) is 27.2 Å². The summed E-state index contributed by atoms with van der Waals surface area (Å²) in [5, 5.41) is 3.35. The third kappa shape index (κ3) is 3.92. The Morgan fingerprint density at radius 2 is 2.04 bits per heavy atom. The van der Waals surface area contributed by atoms with E-state index in [1.165, 1.54) is 0 Å². The van der Waals surface area contributed by atoms with Gasteiger partial charge in [-0.3, -0.25) is 9.97 Å². The lowest BCUT2D eigenvalue weighted by Crippen LogP contribution is -2.08. The second-order valence-electron chi connectivity index (χ2n) is 5.67. The van der Waals surface area contributed by atoms with Gasteiger partial charge in [0.1, 0.15) is 11.6 Å². The smallest absolute Gasteiger partial charge is 0.145 e. The van der Waals surface area contributed by atoms with E-state index in [0.717, 1.165) is 28.1 Å². The molecule has 3 rings (SSSR count). The number of ether oxygens (including phenoxy) is 1. The van der Waals surface area contributed by atoms with Gasteiger partial charge in [-0.1, -0.05) is 18.2 Å². The monoisotopic (exact) mass is 335 g/mol. The van der Waals surface area contributed by atoms with Crippen LogP contribution in [0.5, 0.6) is 5.75 Å². The van der Waals surface area contributed by atoms with Crippen LogP contribution in [0.1, 0.15) is 24.1 Å². The van der Waals surface area contributed by atoms with E-state index in [0.29, 0.717) is 12.4 Å². The summed E-state index contributed by atoms with van der Waals surface area (Å²) in [5.74, 6) is 1.46. The number of nitrogens with two attached hydrogens (primary N) is 1. The van der Waals surface area contributed by atoms with Crippen molar-refractivity contribution in [2.24, 2.45) is 5.73 Å². The first-order valence-electron chi connectivity index (χ1n) is 8.07. The van der Waals surface area contributed by atoms with E-state index in [1.54, 1.807) is 25.7 Å². The molecular weight excluding hydrogens is 314 g/mol. The fraction of sp³-hybridized carbons (Fsp3) is 0.211. The zero-order valence-electron chi connectivity index (χ0n) is 14.3. The standard InChI is InChI=1S/C19H21N5O/c1-13(16-4-3-7-21-10-16)23-19-12-22-11-17(24-19)14-5-6-15(9-20)18(8-14)25-2/h3-8,10-13H,9,20H2,1-2H3,(H,23,24). The Balaban J connectivity index is 1.84. The normalized spacial score (nSPS) is 11.8. The van der Waals surface area contributed by atoms with Gasteiger partial charge in [0.15, 0.2) is 0 Å². The molecule has 2 heterocycles. The van der Waals surface area contributed by atoms with Crippen LogP contribution >= 0.6 is 0 Å². The summed E-state index contributed by atoms with van der Waals surface area (Å²) in [6.45, 7) is 2.49. The summed E-state index contributed by atoms with van der Waals surface area (Å²) in [6.07, 6.45) is 7.04. The molecule has 1 atom stereocenters. The number of rotatable bonds is 6. The molecule has 25 heavy (non-hydrogen) atoms. The van der Waals surface area contributed by atoms with E-state index < -0.39 is 0 Å². The molecule has 0 amide bonds. The molecule has 6 nitrogen and oxygen atoms in total. The third-order valence-electron chi connectivity index (χ3n) is 3.99. The summed E-state index contributed by atoms with van der Waals surface area (Å²) in [7, 11) is 1.64. The second-order valence-corrected chi connectivity index (χ2v) is 5.67. The largest absolute Gasteiger partial charge is 0.496 e. The molecule has 0 aliphatic heterocycles. The summed E-state index contributed by atoms with van der Waals surface area (Å²) in [5.41, 5.74) is 9.47. The minimum Gasteiger partial charge on any atom is -0.496 e. The lowest BCUT2D eigenvalue weighted by molar-refractivity contribution is 0.410. The topological polar surface area (TPSA) is 86.0 Å². The molecule has 0 aliphatic carbocycles. The molecule has 128 valence electrons. The van der Waals surface area contributed by atoms with Crippen LogP contribution in [-0.2, 0) is 6.54 Å². The van der Waals surface area contributed by atoms with Crippen LogP contribution in [0.3, 0.4) is 0 Å². The van der Waals surface area contributed by atoms with Gasteiger partial charge in [0.25, 0.3) is 0 Å². The average Bonchev–Trinajstić information content (AvgIpc) is 2.68. The molecule has 0 fully saturated rings. The molecule has 2 aromatic heterocycles. The van der Waals surface area contributed by atoms with Crippen molar-refractivity contribution in [3.8, 4) is 17.0 Å². The highest BCUT2D eigenvalue weighted by molar-refractivity contribution is 5.63. The molecule has 0 saturated carbocycles. The molecular formula is C19H21N5O. The van der Waals surface area contributed by atoms with E-state index in [1.807, 2.05) is 36.5 Å². The maximum Gasteiger partial charge on any atom is 0.145 e. The molecule has 0 aliphatic rings. The lowest BCUT2D eigenvalue weighted by Gasteiger charge is -2.15. The highest BCUT2D eigenvalue weighted by Crippen LogP contribution is 2.27. The first-order chi connectivity index (χ1) is 12.2. The minimum absolute atomic E-state index is 0.0763. The van der Waals surface area contributed by atoms with Gasteiger partial charge < -0.3 is 15.8 Å². The molecule has 0 bridgehead atoms. The Bertz CT molecular complexity index is 838. The maximum atomic E-state index is 5.73. The van der Waals surface area contributed by atoms with Gasteiger partial charge in [-0.25, -0.2) is 4.98 Å². The van der Waals surface area contributed by atoms with Crippen molar-refractivity contribution in [2.75, 3.05) is 12.4 Å². The van der Waals surface area contributed by atoms with E-state index in [-0.39, 0.29) is 6.04 Å². The van der Waals surface area contributed by atoms with Crippen LogP contribution in [0.15, 0.2) is 55.1 Å². The predicted molar refractivity (Wildman–Crippen MR) is 98.2 cm³/mol. The zero-order chi connectivity index (χ0) is 17.6. The molecule has 0 radical (unpaired) electrons. The summed E-state index contributed by atoms with van der Waals surface area (Å²) >= 11 is 0. The molecule has 3 N–H and O–H groups in total. The summed E-state index contributed by atoms with van der Waals surface area (Å²) < 4.78 is 5.40. The highest BCUT2D eigenvalue weighted by atomic mass is 16.5. The van der Waals surface area contributed by atoms with Crippen LogP contribution in [0.4, 0.5) is 5.82 Å². The van der Waals surface area contributed by atoms with E-state index >= 15 is 0 Å². The van der Waals surface area contributed by atoms with Crippen LogP contribution in [0.25, 0.3) is 11.3 Å². The third-order valence-corrected chi connectivity index (χ3v) is 3.99. The first kappa shape index (κ1) is 16.9. The van der Waals surface area contributed by atoms with E-state index in [9.17, 15) is 0 Å². The number of hydrogen-bond donors (Lipinski definition) is 2. The van der Waals surface area contributed by atoms with Crippen molar-refractivity contribution in [3.05, 3.63) is 66.2 Å². The van der Waals surface area contributed by atoms with Gasteiger partial charge >= 0.3 is 0 Å².